The molecule has 1 aromatic carbocycles. The highest BCUT2D eigenvalue weighted by atomic mass is 16.5. The highest BCUT2D eigenvalue weighted by Crippen LogP contribution is 2.64. The van der Waals surface area contributed by atoms with E-state index in [-0.39, 0.29) is 29.5 Å². The molecular weight excluding hydrogens is 402 g/mol. The molecular formula is C26H37N3O3. The second kappa shape index (κ2) is 7.36. The van der Waals surface area contributed by atoms with Gasteiger partial charge in [0, 0.05) is 36.2 Å². The van der Waals surface area contributed by atoms with Gasteiger partial charge in [0.05, 0.1) is 6.04 Å². The number of nitrogens with zero attached hydrogens (tertiary/aromatic N) is 3. The zero-order valence-corrected chi connectivity index (χ0v) is 19.7. The van der Waals surface area contributed by atoms with E-state index in [1.165, 1.54) is 17.5 Å². The van der Waals surface area contributed by atoms with Crippen molar-refractivity contribution < 1.29 is 14.6 Å². The first-order valence-corrected chi connectivity index (χ1v) is 12.8. The van der Waals surface area contributed by atoms with Crippen LogP contribution < -0.4 is 4.74 Å². The van der Waals surface area contributed by atoms with E-state index in [0.29, 0.717) is 17.7 Å². The minimum atomic E-state index is -0.0288. The number of phenolic OH excluding ortho intramolecular Hbond substituents is 1. The van der Waals surface area contributed by atoms with Crippen LogP contribution in [0.5, 0.6) is 11.5 Å². The van der Waals surface area contributed by atoms with Gasteiger partial charge < -0.3 is 19.6 Å². The number of piperidine rings is 1. The highest BCUT2D eigenvalue weighted by molar-refractivity contribution is 5.82. The molecule has 5 aliphatic rings. The zero-order chi connectivity index (χ0) is 22.2. The van der Waals surface area contributed by atoms with Crippen molar-refractivity contribution in [2.45, 2.75) is 82.0 Å². The van der Waals surface area contributed by atoms with Crippen LogP contribution in [0.25, 0.3) is 0 Å². The molecule has 6 rings (SSSR count). The number of hydrogen-bond donors (Lipinski definition) is 1. The van der Waals surface area contributed by atoms with Crippen molar-refractivity contribution in [1.82, 2.24) is 14.7 Å². The summed E-state index contributed by atoms with van der Waals surface area (Å²) in [5.41, 5.74) is 2.66. The predicted octanol–water partition coefficient (Wildman–Crippen LogP) is 2.76. The van der Waals surface area contributed by atoms with Gasteiger partial charge in [0.15, 0.2) is 11.5 Å². The zero-order valence-electron chi connectivity index (χ0n) is 19.7. The summed E-state index contributed by atoms with van der Waals surface area (Å²) in [7, 11) is 2.28. The third-order valence-corrected chi connectivity index (χ3v) is 9.64. The lowest BCUT2D eigenvalue weighted by atomic mass is 9.51. The molecule has 6 atom stereocenters. The Morgan fingerprint density at radius 3 is 2.78 bits per heavy atom. The van der Waals surface area contributed by atoms with Crippen LogP contribution in [0.15, 0.2) is 12.1 Å². The summed E-state index contributed by atoms with van der Waals surface area (Å²) in [4.78, 5) is 20.5. The van der Waals surface area contributed by atoms with Crippen molar-refractivity contribution in [1.29, 1.82) is 0 Å². The van der Waals surface area contributed by atoms with Crippen LogP contribution in [-0.4, -0.2) is 83.2 Å². The fourth-order valence-electron chi connectivity index (χ4n) is 8.25. The molecule has 0 unspecified atom stereocenters. The van der Waals surface area contributed by atoms with Gasteiger partial charge >= 0.3 is 0 Å². The Labute approximate surface area is 191 Å². The number of ether oxygens (including phenoxy) is 1. The summed E-state index contributed by atoms with van der Waals surface area (Å²) < 4.78 is 6.78. The number of hydrogen-bond acceptors (Lipinski definition) is 5. The largest absolute Gasteiger partial charge is 0.504 e. The second-order valence-corrected chi connectivity index (χ2v) is 10.7. The van der Waals surface area contributed by atoms with Crippen LogP contribution >= 0.6 is 0 Å². The van der Waals surface area contributed by atoms with E-state index in [1.54, 1.807) is 0 Å². The molecule has 0 aromatic heterocycles. The molecule has 3 aliphatic heterocycles. The number of likely N-dealkylation sites (N-methyl/N-ethyl adjacent to an activating group) is 2. The van der Waals surface area contributed by atoms with Crippen molar-refractivity contribution >= 4 is 5.91 Å². The average Bonchev–Trinajstić information content (AvgIpc) is 3.41. The molecule has 1 spiro atoms. The van der Waals surface area contributed by atoms with Gasteiger partial charge in [-0.05, 0) is 90.1 Å². The highest BCUT2D eigenvalue weighted by Gasteiger charge is 2.66. The van der Waals surface area contributed by atoms with Gasteiger partial charge in [-0.25, -0.2) is 0 Å². The third kappa shape index (κ3) is 2.57. The average molecular weight is 440 g/mol. The van der Waals surface area contributed by atoms with Gasteiger partial charge in [0.2, 0.25) is 5.91 Å². The maximum absolute atomic E-state index is 13.4. The molecule has 1 saturated carbocycles. The maximum Gasteiger partial charge on any atom is 0.239 e. The second-order valence-electron chi connectivity index (χ2n) is 10.7. The first-order chi connectivity index (χ1) is 15.5. The fraction of sp³-hybridized carbons (Fsp3) is 0.731. The fourth-order valence-corrected chi connectivity index (χ4v) is 8.25. The number of benzene rings is 1. The molecule has 174 valence electrons. The first-order valence-electron chi connectivity index (χ1n) is 12.8. The van der Waals surface area contributed by atoms with Gasteiger partial charge in [0.1, 0.15) is 6.10 Å². The topological polar surface area (TPSA) is 56.2 Å². The van der Waals surface area contributed by atoms with Crippen LogP contribution in [0.3, 0.4) is 0 Å². The summed E-state index contributed by atoms with van der Waals surface area (Å²) in [6.45, 7) is 7.74. The maximum atomic E-state index is 13.4. The van der Waals surface area contributed by atoms with E-state index < -0.39 is 0 Å². The van der Waals surface area contributed by atoms with E-state index in [0.717, 1.165) is 64.0 Å². The summed E-state index contributed by atoms with van der Waals surface area (Å²) in [5, 5.41) is 10.8. The molecule has 6 nitrogen and oxygen atoms in total. The lowest BCUT2D eigenvalue weighted by Gasteiger charge is -2.60. The van der Waals surface area contributed by atoms with Gasteiger partial charge in [-0.3, -0.25) is 9.69 Å². The Hall–Kier alpha value is -1.79. The van der Waals surface area contributed by atoms with E-state index in [1.807, 2.05) is 11.0 Å². The normalized spacial score (nSPS) is 37.8. The number of amides is 1. The van der Waals surface area contributed by atoms with E-state index in [4.69, 9.17) is 4.74 Å². The predicted molar refractivity (Wildman–Crippen MR) is 123 cm³/mol. The van der Waals surface area contributed by atoms with Crippen molar-refractivity contribution in [2.24, 2.45) is 5.92 Å². The SMILES string of the molecule is CCN(CC)C(=O)[C@@H]1CCCN1[C@H]1CC[C@H]2[C@H]3Cc4ccc(O)c5c4[C@@]2(CCN3C)[C@H]1O5. The van der Waals surface area contributed by atoms with Crippen LogP contribution in [0.1, 0.15) is 57.1 Å². The van der Waals surface area contributed by atoms with Gasteiger partial charge in [0.25, 0.3) is 0 Å². The van der Waals surface area contributed by atoms with Gasteiger partial charge in [-0.15, -0.1) is 0 Å². The standard InChI is InChI=1S/C26H37N3O3/c1-4-28(5-2)25(31)19-7-6-13-29(19)18-10-9-17-20-15-16-8-11-21(30)23-22(16)26(17,24(18)32-23)12-14-27(20)3/h8,11,17-20,24,30H,4-7,9-10,12-15H2,1-3H3/t17-,18-,19-,20+,24-,26-/m0/s1. The summed E-state index contributed by atoms with van der Waals surface area (Å²) in [5.74, 6) is 1.89. The number of carbonyl (C=O) groups excluding carboxylic acids is 1. The molecule has 3 fully saturated rings. The number of phenols is 1. The molecule has 2 aliphatic carbocycles. The smallest absolute Gasteiger partial charge is 0.239 e. The molecule has 0 radical (unpaired) electrons. The summed E-state index contributed by atoms with van der Waals surface area (Å²) in [6, 6.07) is 4.72. The molecule has 1 amide bonds. The number of rotatable bonds is 4. The van der Waals surface area contributed by atoms with Crippen molar-refractivity contribution in [3.05, 3.63) is 23.3 Å². The third-order valence-electron chi connectivity index (χ3n) is 9.64. The lowest BCUT2D eigenvalue weighted by Crippen LogP contribution is -2.69. The minimum Gasteiger partial charge on any atom is -0.504 e. The van der Waals surface area contributed by atoms with Crippen LogP contribution in [0, 0.1) is 5.92 Å². The van der Waals surface area contributed by atoms with Gasteiger partial charge in [-0.2, -0.15) is 0 Å². The quantitative estimate of drug-likeness (QED) is 0.782. The van der Waals surface area contributed by atoms with Crippen LogP contribution in [-0.2, 0) is 16.6 Å². The Bertz CT molecular complexity index is 931. The monoisotopic (exact) mass is 439 g/mol. The Balaban J connectivity index is 1.41. The van der Waals surface area contributed by atoms with Crippen LogP contribution in [0.4, 0.5) is 0 Å². The molecule has 1 aromatic rings. The molecule has 1 N–H and O–H groups in total. The molecule has 2 bridgehead atoms. The Morgan fingerprint density at radius 2 is 2.00 bits per heavy atom. The van der Waals surface area contributed by atoms with Crippen molar-refractivity contribution in [3.8, 4) is 11.5 Å². The molecule has 2 saturated heterocycles. The summed E-state index contributed by atoms with van der Waals surface area (Å²) in [6.07, 6.45) is 6.45. The Morgan fingerprint density at radius 1 is 1.19 bits per heavy atom. The van der Waals surface area contributed by atoms with E-state index in [2.05, 4.69) is 36.8 Å². The number of carbonyl (C=O) groups is 1. The minimum absolute atomic E-state index is 0.0207. The van der Waals surface area contributed by atoms with E-state index in [9.17, 15) is 9.90 Å². The van der Waals surface area contributed by atoms with Crippen molar-refractivity contribution in [3.63, 3.8) is 0 Å². The first kappa shape index (κ1) is 20.8. The number of aromatic hydroxyl groups is 1. The van der Waals surface area contributed by atoms with Crippen molar-refractivity contribution in [2.75, 3.05) is 33.2 Å². The van der Waals surface area contributed by atoms with Gasteiger partial charge in [-0.1, -0.05) is 6.07 Å². The number of likely N-dealkylation sites (tertiary alicyclic amines) is 2. The van der Waals surface area contributed by atoms with Crippen LogP contribution in [0.2, 0.25) is 0 Å². The Kier molecular flexibility index (Phi) is 4.78. The lowest BCUT2D eigenvalue weighted by molar-refractivity contribution is -0.139. The molecule has 3 heterocycles. The van der Waals surface area contributed by atoms with E-state index >= 15 is 0 Å². The summed E-state index contributed by atoms with van der Waals surface area (Å²) >= 11 is 0. The molecule has 6 heteroatoms. The molecule has 32 heavy (non-hydrogen) atoms.